The minimum Gasteiger partial charge on any atom is -0.363 e. The third-order valence-corrected chi connectivity index (χ3v) is 1.73. The first-order valence-electron chi connectivity index (χ1n) is 3.11. The van der Waals surface area contributed by atoms with Crippen molar-refractivity contribution in [3.05, 3.63) is 0 Å². The van der Waals surface area contributed by atoms with Gasteiger partial charge in [-0.3, -0.25) is 0 Å². The average molecular weight is 135 g/mol. The molecule has 1 aliphatic rings. The van der Waals surface area contributed by atoms with Crippen LogP contribution in [0.5, 0.6) is 0 Å². The quantitative estimate of drug-likeness (QED) is 0.526. The van der Waals surface area contributed by atoms with Gasteiger partial charge in [-0.05, 0) is 12.8 Å². The number of alkyl halides is 1. The molecule has 0 heterocycles. The van der Waals surface area contributed by atoms with E-state index in [2.05, 4.69) is 0 Å². The molecule has 0 bridgehead atoms. The van der Waals surface area contributed by atoms with Crippen molar-refractivity contribution in [3.8, 4) is 0 Å². The lowest BCUT2D eigenvalue weighted by molar-refractivity contribution is 0.0933. The molecule has 0 N–H and O–H groups in total. The Morgan fingerprint density at radius 2 is 2.00 bits per heavy atom. The van der Waals surface area contributed by atoms with E-state index in [9.17, 15) is 0 Å². The molecule has 48 valence electrons. The maximum Gasteiger partial charge on any atom is 0.121 e. The van der Waals surface area contributed by atoms with Crippen molar-refractivity contribution in [2.45, 2.75) is 31.8 Å². The molecule has 0 aliphatic heterocycles. The fourth-order valence-electron chi connectivity index (χ4n) is 1.14. The fourth-order valence-corrected chi connectivity index (χ4v) is 1.32. The molecule has 1 aliphatic carbocycles. The Hall–Kier alpha value is 0.250. The Labute approximate surface area is 55.0 Å². The van der Waals surface area contributed by atoms with Gasteiger partial charge in [-0.1, -0.05) is 24.4 Å². The molecule has 0 unspecified atom stereocenters. The van der Waals surface area contributed by atoms with E-state index in [0.29, 0.717) is 12.2 Å². The van der Waals surface area contributed by atoms with Crippen LogP contribution in [0, 0.1) is 0 Å². The van der Waals surface area contributed by atoms with Crippen LogP contribution in [0.3, 0.4) is 0 Å². The number of ether oxygens (including phenoxy) is 1. The molecule has 0 aromatic carbocycles. The lowest BCUT2D eigenvalue weighted by atomic mass is 10.3. The van der Waals surface area contributed by atoms with E-state index >= 15 is 0 Å². The SMILES string of the molecule is ClCOC1CCCC1. The molecule has 0 amide bonds. The maximum absolute atomic E-state index is 5.36. The topological polar surface area (TPSA) is 9.23 Å². The summed E-state index contributed by atoms with van der Waals surface area (Å²) in [6.07, 6.45) is 5.55. The van der Waals surface area contributed by atoms with E-state index in [4.69, 9.17) is 16.3 Å². The summed E-state index contributed by atoms with van der Waals surface area (Å²) in [6, 6.07) is 0.366. The van der Waals surface area contributed by atoms with Gasteiger partial charge in [0.25, 0.3) is 0 Å². The second-order valence-electron chi connectivity index (χ2n) is 2.18. The predicted molar refractivity (Wildman–Crippen MR) is 34.1 cm³/mol. The molecule has 0 aromatic rings. The van der Waals surface area contributed by atoms with Crippen molar-refractivity contribution in [2.75, 3.05) is 6.07 Å². The zero-order valence-electron chi connectivity index (χ0n) is 4.90. The Bertz CT molecular complexity index is 59.5. The Balaban J connectivity index is 2.06. The van der Waals surface area contributed by atoms with Gasteiger partial charge in [-0.25, -0.2) is 0 Å². The van der Waals surface area contributed by atoms with Crippen molar-refractivity contribution >= 4 is 11.6 Å². The summed E-state index contributed by atoms with van der Waals surface area (Å²) in [5.74, 6) is 0. The molecule has 0 saturated heterocycles. The summed E-state index contributed by atoms with van der Waals surface area (Å²) >= 11 is 5.36. The minimum absolute atomic E-state index is 0.366. The van der Waals surface area contributed by atoms with Gasteiger partial charge >= 0.3 is 0 Å². The molecule has 1 saturated carbocycles. The molecule has 0 radical (unpaired) electrons. The summed E-state index contributed by atoms with van der Waals surface area (Å²) in [6.45, 7) is 0. The van der Waals surface area contributed by atoms with Crippen LogP contribution in [-0.4, -0.2) is 12.2 Å². The average Bonchev–Trinajstić information content (AvgIpc) is 2.19. The molecule has 1 rings (SSSR count). The summed E-state index contributed by atoms with van der Waals surface area (Å²) in [4.78, 5) is 0. The predicted octanol–water partition coefficient (Wildman–Crippen LogP) is 2.14. The van der Waals surface area contributed by atoms with Crippen LogP contribution in [0.2, 0.25) is 0 Å². The molecule has 2 heteroatoms. The smallest absolute Gasteiger partial charge is 0.121 e. The van der Waals surface area contributed by atoms with E-state index in [0.717, 1.165) is 0 Å². The molecule has 1 fully saturated rings. The molecule has 1 nitrogen and oxygen atoms in total. The Morgan fingerprint density at radius 1 is 1.38 bits per heavy atom. The van der Waals surface area contributed by atoms with E-state index < -0.39 is 0 Å². The second kappa shape index (κ2) is 3.31. The van der Waals surface area contributed by atoms with Crippen LogP contribution in [0.1, 0.15) is 25.7 Å². The van der Waals surface area contributed by atoms with Gasteiger partial charge < -0.3 is 4.74 Å². The van der Waals surface area contributed by atoms with E-state index in [1.807, 2.05) is 0 Å². The van der Waals surface area contributed by atoms with Crippen LogP contribution in [-0.2, 0) is 4.74 Å². The standard InChI is InChI=1S/C6H11ClO/c7-5-8-6-3-1-2-4-6/h6H,1-5H2. The highest BCUT2D eigenvalue weighted by Crippen LogP contribution is 2.20. The van der Waals surface area contributed by atoms with Crippen LogP contribution >= 0.6 is 11.6 Å². The first-order chi connectivity index (χ1) is 3.93. The highest BCUT2D eigenvalue weighted by atomic mass is 35.5. The zero-order chi connectivity index (χ0) is 5.82. The first-order valence-corrected chi connectivity index (χ1v) is 3.64. The zero-order valence-corrected chi connectivity index (χ0v) is 5.66. The highest BCUT2D eigenvalue weighted by Gasteiger charge is 2.13. The van der Waals surface area contributed by atoms with Gasteiger partial charge in [-0.2, -0.15) is 0 Å². The molecular weight excluding hydrogens is 124 g/mol. The van der Waals surface area contributed by atoms with Crippen molar-refractivity contribution in [2.24, 2.45) is 0 Å². The van der Waals surface area contributed by atoms with Gasteiger partial charge in [0.2, 0.25) is 0 Å². The maximum atomic E-state index is 5.36. The van der Waals surface area contributed by atoms with Crippen molar-refractivity contribution < 1.29 is 4.74 Å². The highest BCUT2D eigenvalue weighted by molar-refractivity contribution is 6.17. The molecule has 0 aromatic heterocycles. The normalized spacial score (nSPS) is 22.1. The van der Waals surface area contributed by atoms with Crippen LogP contribution < -0.4 is 0 Å². The number of hydrogen-bond donors (Lipinski definition) is 0. The second-order valence-corrected chi connectivity index (χ2v) is 2.40. The summed E-state index contributed by atoms with van der Waals surface area (Å²) in [5.41, 5.74) is 0. The van der Waals surface area contributed by atoms with Crippen molar-refractivity contribution in [1.82, 2.24) is 0 Å². The van der Waals surface area contributed by atoms with E-state index in [-0.39, 0.29) is 0 Å². The molecular formula is C6H11ClO. The van der Waals surface area contributed by atoms with Gasteiger partial charge in [0, 0.05) is 0 Å². The van der Waals surface area contributed by atoms with Crippen LogP contribution in [0.4, 0.5) is 0 Å². The Morgan fingerprint density at radius 3 is 2.50 bits per heavy atom. The fraction of sp³-hybridized carbons (Fsp3) is 1.00. The van der Waals surface area contributed by atoms with Crippen molar-refractivity contribution in [3.63, 3.8) is 0 Å². The van der Waals surface area contributed by atoms with Crippen molar-refractivity contribution in [1.29, 1.82) is 0 Å². The molecule has 8 heavy (non-hydrogen) atoms. The van der Waals surface area contributed by atoms with E-state index in [1.165, 1.54) is 25.7 Å². The third kappa shape index (κ3) is 1.64. The third-order valence-electron chi connectivity index (χ3n) is 1.60. The van der Waals surface area contributed by atoms with Crippen LogP contribution in [0.15, 0.2) is 0 Å². The minimum atomic E-state index is 0.366. The number of halogens is 1. The lowest BCUT2D eigenvalue weighted by Gasteiger charge is -2.05. The summed E-state index contributed by atoms with van der Waals surface area (Å²) in [5, 5.41) is 0. The number of rotatable bonds is 2. The van der Waals surface area contributed by atoms with E-state index in [1.54, 1.807) is 0 Å². The monoisotopic (exact) mass is 134 g/mol. The largest absolute Gasteiger partial charge is 0.363 e. The summed E-state index contributed by atoms with van der Waals surface area (Å²) < 4.78 is 5.17. The molecule has 0 atom stereocenters. The molecule has 0 spiro atoms. The Kier molecular flexibility index (Phi) is 2.64. The van der Waals surface area contributed by atoms with Gasteiger partial charge in [0.1, 0.15) is 6.07 Å². The van der Waals surface area contributed by atoms with Crippen LogP contribution in [0.25, 0.3) is 0 Å². The van der Waals surface area contributed by atoms with Gasteiger partial charge in [0.15, 0.2) is 0 Å². The van der Waals surface area contributed by atoms with Gasteiger partial charge in [0.05, 0.1) is 6.10 Å². The summed E-state index contributed by atoms with van der Waals surface area (Å²) in [7, 11) is 0. The van der Waals surface area contributed by atoms with Gasteiger partial charge in [-0.15, -0.1) is 0 Å². The first kappa shape index (κ1) is 6.37. The lowest BCUT2D eigenvalue weighted by Crippen LogP contribution is -2.04. The number of hydrogen-bond acceptors (Lipinski definition) is 1.